The van der Waals surface area contributed by atoms with Gasteiger partial charge in [0.25, 0.3) is 5.91 Å². The zero-order valence-electron chi connectivity index (χ0n) is 20.7. The van der Waals surface area contributed by atoms with E-state index in [-0.39, 0.29) is 23.8 Å². The van der Waals surface area contributed by atoms with E-state index in [1.807, 2.05) is 19.9 Å². The highest BCUT2D eigenvalue weighted by atomic mass is 32.1. The smallest absolute Gasteiger partial charge is 0.398 e. The molecule has 0 bridgehead atoms. The van der Waals surface area contributed by atoms with Crippen molar-refractivity contribution >= 4 is 40.5 Å². The van der Waals surface area contributed by atoms with Gasteiger partial charge in [0, 0.05) is 43.6 Å². The molecular formula is C25H31F3N6O2S. The third kappa shape index (κ3) is 8.05. The van der Waals surface area contributed by atoms with Crippen LogP contribution in [0.2, 0.25) is 0 Å². The lowest BCUT2D eigenvalue weighted by Gasteiger charge is -2.18. The highest BCUT2D eigenvalue weighted by molar-refractivity contribution is 7.80. The zero-order chi connectivity index (χ0) is 27.2. The number of aryl methyl sites for hydroxylation is 1. The fourth-order valence-corrected chi connectivity index (χ4v) is 4.30. The first-order valence-corrected chi connectivity index (χ1v) is 12.3. The number of amides is 2. The molecule has 1 aliphatic rings. The van der Waals surface area contributed by atoms with Gasteiger partial charge >= 0.3 is 6.18 Å². The van der Waals surface area contributed by atoms with E-state index in [9.17, 15) is 22.8 Å². The molecule has 1 saturated heterocycles. The van der Waals surface area contributed by atoms with Crippen molar-refractivity contribution < 1.29 is 22.8 Å². The Hall–Kier alpha value is -3.38. The van der Waals surface area contributed by atoms with Crippen LogP contribution in [0.1, 0.15) is 40.4 Å². The molecule has 12 heteroatoms. The molecule has 0 unspecified atom stereocenters. The van der Waals surface area contributed by atoms with E-state index in [4.69, 9.17) is 18.0 Å². The number of hydrogen-bond donors (Lipinski definition) is 5. The average Bonchev–Trinajstić information content (AvgIpc) is 3.25. The highest BCUT2D eigenvalue weighted by Crippen LogP contribution is 2.31. The van der Waals surface area contributed by atoms with Gasteiger partial charge in [-0.25, -0.2) is 0 Å². The largest absolute Gasteiger partial charge is 0.416 e. The number of nitrogen functional groups attached to an aromatic ring is 1. The van der Waals surface area contributed by atoms with Gasteiger partial charge < -0.3 is 27.0 Å². The molecule has 2 amide bonds. The van der Waals surface area contributed by atoms with Crippen LogP contribution in [0.25, 0.3) is 0 Å². The van der Waals surface area contributed by atoms with Gasteiger partial charge in [0.2, 0.25) is 5.91 Å². The molecule has 0 aromatic heterocycles. The topological polar surface area (TPSA) is 112 Å². The van der Waals surface area contributed by atoms with Crippen molar-refractivity contribution in [1.82, 2.24) is 20.9 Å². The van der Waals surface area contributed by atoms with E-state index in [0.717, 1.165) is 48.5 Å². The van der Waals surface area contributed by atoms with Crippen molar-refractivity contribution in [2.75, 3.05) is 37.2 Å². The molecule has 8 nitrogen and oxygen atoms in total. The summed E-state index contributed by atoms with van der Waals surface area (Å²) >= 11 is 5.28. The number of thiocarbonyl (C=S) groups is 1. The van der Waals surface area contributed by atoms with Crippen LogP contribution < -0.4 is 27.0 Å². The number of rotatable bonds is 8. The van der Waals surface area contributed by atoms with E-state index >= 15 is 0 Å². The molecular weight excluding hydrogens is 505 g/mol. The summed E-state index contributed by atoms with van der Waals surface area (Å²) < 4.78 is 38.8. The van der Waals surface area contributed by atoms with Gasteiger partial charge in [-0.1, -0.05) is 12.1 Å². The number of carbonyl (C=O) groups is 2. The Morgan fingerprint density at radius 1 is 1.16 bits per heavy atom. The number of nitrogens with two attached hydrogens (primary N) is 1. The van der Waals surface area contributed by atoms with E-state index in [0.29, 0.717) is 24.3 Å². The molecule has 0 radical (unpaired) electrons. The van der Waals surface area contributed by atoms with Crippen molar-refractivity contribution in [2.24, 2.45) is 0 Å². The highest BCUT2D eigenvalue weighted by Gasteiger charge is 2.31. The van der Waals surface area contributed by atoms with Gasteiger partial charge in [-0.05, 0) is 67.9 Å². The summed E-state index contributed by atoms with van der Waals surface area (Å²) in [6, 6.07) is 8.54. The SMILES string of the molecule is CCNC(=S)Nc1cc(CN2CC[C@@H](NC(=O)CNC(=O)c3cc(C(F)(F)F)ccc3N)C2)ccc1C. The van der Waals surface area contributed by atoms with Crippen LogP contribution >= 0.6 is 12.2 Å². The summed E-state index contributed by atoms with van der Waals surface area (Å²) in [7, 11) is 0. The fourth-order valence-electron chi connectivity index (χ4n) is 4.05. The molecule has 37 heavy (non-hydrogen) atoms. The number of benzene rings is 2. The molecule has 200 valence electrons. The first-order valence-electron chi connectivity index (χ1n) is 11.9. The molecule has 3 rings (SSSR count). The van der Waals surface area contributed by atoms with Gasteiger partial charge in [0.1, 0.15) is 0 Å². The lowest BCUT2D eigenvalue weighted by Crippen LogP contribution is -2.43. The molecule has 2 aromatic rings. The van der Waals surface area contributed by atoms with Gasteiger partial charge in [0.05, 0.1) is 17.7 Å². The van der Waals surface area contributed by atoms with Gasteiger partial charge in [-0.3, -0.25) is 14.5 Å². The van der Waals surface area contributed by atoms with Crippen LogP contribution in [-0.2, 0) is 17.5 Å². The Bertz CT molecular complexity index is 1160. The summed E-state index contributed by atoms with van der Waals surface area (Å²) in [5.74, 6) is -1.27. The molecule has 1 atom stereocenters. The number of hydrogen-bond acceptors (Lipinski definition) is 5. The molecule has 1 aliphatic heterocycles. The molecule has 2 aromatic carbocycles. The summed E-state index contributed by atoms with van der Waals surface area (Å²) in [6.07, 6.45) is -3.87. The van der Waals surface area contributed by atoms with Crippen molar-refractivity contribution in [1.29, 1.82) is 0 Å². The van der Waals surface area contributed by atoms with Crippen LogP contribution in [0.4, 0.5) is 24.5 Å². The van der Waals surface area contributed by atoms with Crippen molar-refractivity contribution in [3.63, 3.8) is 0 Å². The number of anilines is 2. The van der Waals surface area contributed by atoms with Gasteiger partial charge in [-0.15, -0.1) is 0 Å². The Morgan fingerprint density at radius 2 is 1.92 bits per heavy atom. The number of nitrogens with one attached hydrogen (secondary N) is 4. The summed E-state index contributed by atoms with van der Waals surface area (Å²) in [5.41, 5.74) is 7.35. The second-order valence-electron chi connectivity index (χ2n) is 8.90. The lowest BCUT2D eigenvalue weighted by atomic mass is 10.1. The molecule has 0 saturated carbocycles. The maximum Gasteiger partial charge on any atom is 0.416 e. The zero-order valence-corrected chi connectivity index (χ0v) is 21.5. The number of halogens is 3. The van der Waals surface area contributed by atoms with E-state index < -0.39 is 23.6 Å². The normalized spacial score (nSPS) is 15.8. The van der Waals surface area contributed by atoms with Crippen molar-refractivity contribution in [3.8, 4) is 0 Å². The summed E-state index contributed by atoms with van der Waals surface area (Å²) in [6.45, 7) is 6.44. The Morgan fingerprint density at radius 3 is 2.62 bits per heavy atom. The van der Waals surface area contributed by atoms with Crippen LogP contribution in [0.3, 0.4) is 0 Å². The minimum atomic E-state index is -4.61. The standard InChI is InChI=1S/C25H31F3N6O2S/c1-3-30-24(37)33-21-10-16(5-4-15(21)2)13-34-9-8-18(14-34)32-22(35)12-31-23(36)19-11-17(25(26,27)28)6-7-20(19)29/h4-7,10-11,18H,3,8-9,12-14,29H2,1-2H3,(H,31,36)(H,32,35)(H2,30,33,37)/t18-/m1/s1. The third-order valence-electron chi connectivity index (χ3n) is 5.97. The minimum Gasteiger partial charge on any atom is -0.398 e. The molecule has 1 heterocycles. The van der Waals surface area contributed by atoms with Gasteiger partial charge in [0.15, 0.2) is 5.11 Å². The Kier molecular flexibility index (Phi) is 9.33. The fraction of sp³-hybridized carbons (Fsp3) is 0.400. The predicted octanol–water partition coefficient (Wildman–Crippen LogP) is 3.02. The van der Waals surface area contributed by atoms with Crippen LogP contribution in [0.5, 0.6) is 0 Å². The minimum absolute atomic E-state index is 0.102. The molecule has 6 N–H and O–H groups in total. The second-order valence-corrected chi connectivity index (χ2v) is 9.31. The molecule has 0 aliphatic carbocycles. The van der Waals surface area contributed by atoms with E-state index in [1.165, 1.54) is 0 Å². The van der Waals surface area contributed by atoms with E-state index in [2.05, 4.69) is 38.3 Å². The molecule has 1 fully saturated rings. The number of carbonyl (C=O) groups excluding carboxylic acids is 2. The van der Waals surface area contributed by atoms with Crippen molar-refractivity contribution in [3.05, 3.63) is 58.7 Å². The number of alkyl halides is 3. The first-order chi connectivity index (χ1) is 17.5. The predicted molar refractivity (Wildman–Crippen MR) is 141 cm³/mol. The second kappa shape index (κ2) is 12.2. The number of nitrogens with zero attached hydrogens (tertiary/aromatic N) is 1. The molecule has 0 spiro atoms. The maximum absolute atomic E-state index is 12.9. The van der Waals surface area contributed by atoms with Crippen LogP contribution in [0.15, 0.2) is 36.4 Å². The Labute approximate surface area is 219 Å². The quantitative estimate of drug-likeness (QED) is 0.261. The lowest BCUT2D eigenvalue weighted by molar-refractivity contribution is -0.137. The average molecular weight is 537 g/mol. The van der Waals surface area contributed by atoms with Crippen LogP contribution in [0, 0.1) is 6.92 Å². The number of likely N-dealkylation sites (tertiary alicyclic amines) is 1. The monoisotopic (exact) mass is 536 g/mol. The maximum atomic E-state index is 12.9. The van der Waals surface area contributed by atoms with E-state index in [1.54, 1.807) is 0 Å². The summed E-state index contributed by atoms with van der Waals surface area (Å²) in [4.78, 5) is 26.9. The van der Waals surface area contributed by atoms with Crippen LogP contribution in [-0.4, -0.2) is 54.0 Å². The van der Waals surface area contributed by atoms with Crippen molar-refractivity contribution in [2.45, 2.75) is 39.0 Å². The summed E-state index contributed by atoms with van der Waals surface area (Å²) in [5, 5.41) is 12.1. The Balaban J connectivity index is 1.49. The van der Waals surface area contributed by atoms with Gasteiger partial charge in [-0.2, -0.15) is 13.2 Å². The third-order valence-corrected chi connectivity index (χ3v) is 6.21. The first kappa shape index (κ1) is 28.2.